The highest BCUT2D eigenvalue weighted by atomic mass is 16.5. The molecule has 4 heteroatoms. The van der Waals surface area contributed by atoms with E-state index in [0.717, 1.165) is 9.80 Å². The Morgan fingerprint density at radius 1 is 1.25 bits per heavy atom. The van der Waals surface area contributed by atoms with Crippen LogP contribution in [0.2, 0.25) is 0 Å². The lowest BCUT2D eigenvalue weighted by Gasteiger charge is -2.33. The fourth-order valence-electron chi connectivity index (χ4n) is 2.05. The molecule has 0 aromatic heterocycles. The Morgan fingerprint density at radius 2 is 1.75 bits per heavy atom. The van der Waals surface area contributed by atoms with Gasteiger partial charge in [0.15, 0.2) is 5.54 Å². The smallest absolute Gasteiger partial charge is 0.292 e. The van der Waals surface area contributed by atoms with Gasteiger partial charge < -0.3 is 5.21 Å². The summed E-state index contributed by atoms with van der Waals surface area (Å²) in [5, 5.41) is 23.5. The predicted octanol–water partition coefficient (Wildman–Crippen LogP) is 1.90. The van der Waals surface area contributed by atoms with Crippen LogP contribution in [0.5, 0.6) is 0 Å². The van der Waals surface area contributed by atoms with E-state index in [1.54, 1.807) is 0 Å². The maximum absolute atomic E-state index is 12.3. The highest BCUT2D eigenvalue weighted by Crippen LogP contribution is 2.37. The first kappa shape index (κ1) is 11.2. The number of hydrogen-bond donors (Lipinski definition) is 1. The molecule has 0 amide bonds. The van der Waals surface area contributed by atoms with Crippen LogP contribution in [0.4, 0.5) is 0 Å². The molecule has 0 aromatic rings. The van der Waals surface area contributed by atoms with Gasteiger partial charge in [-0.1, -0.05) is 24.3 Å². The summed E-state index contributed by atoms with van der Waals surface area (Å²) in [6, 6.07) is 0. The highest BCUT2D eigenvalue weighted by molar-refractivity contribution is 5.85. The average Bonchev–Trinajstić information content (AvgIpc) is 2.73. The maximum Gasteiger partial charge on any atom is 0.292 e. The maximum atomic E-state index is 12.3. The SMILES string of the molecule is CC1(C)N(O)C(C2C=CC=C2)=[N+]([O-])C1(C)C. The number of amidine groups is 1. The lowest BCUT2D eigenvalue weighted by atomic mass is 9.84. The molecule has 0 aromatic carbocycles. The van der Waals surface area contributed by atoms with Gasteiger partial charge in [-0.15, -0.1) is 5.06 Å². The molecule has 16 heavy (non-hydrogen) atoms. The highest BCUT2D eigenvalue weighted by Gasteiger charge is 2.59. The van der Waals surface area contributed by atoms with Crippen LogP contribution in [0.1, 0.15) is 27.7 Å². The Hall–Kier alpha value is -1.29. The van der Waals surface area contributed by atoms with Crippen molar-refractivity contribution in [3.05, 3.63) is 29.5 Å². The third kappa shape index (κ3) is 1.16. The number of allylic oxidation sites excluding steroid dienone is 2. The van der Waals surface area contributed by atoms with Gasteiger partial charge in [-0.05, 0) is 27.7 Å². The van der Waals surface area contributed by atoms with Crippen LogP contribution >= 0.6 is 0 Å². The van der Waals surface area contributed by atoms with E-state index in [-0.39, 0.29) is 5.92 Å². The molecule has 0 unspecified atom stereocenters. The second-order valence-electron chi connectivity index (χ2n) is 5.38. The van der Waals surface area contributed by atoms with Crippen LogP contribution < -0.4 is 0 Å². The summed E-state index contributed by atoms with van der Waals surface area (Å²) in [5.74, 6) is 0.281. The molecule has 2 rings (SSSR count). The molecule has 1 aliphatic carbocycles. The number of hydrogen-bond acceptors (Lipinski definition) is 3. The largest absolute Gasteiger partial charge is 0.715 e. The topological polar surface area (TPSA) is 49.5 Å². The standard InChI is InChI=1S/C12H18N2O2/c1-11(2)12(3,4)14(16)10(13(11)15)9-7-5-6-8-9/h5-9,15H,1-4H3. The Kier molecular flexibility index (Phi) is 2.17. The van der Waals surface area contributed by atoms with Gasteiger partial charge in [-0.25, -0.2) is 5.21 Å². The van der Waals surface area contributed by atoms with Gasteiger partial charge in [0.25, 0.3) is 5.84 Å². The van der Waals surface area contributed by atoms with Crippen molar-refractivity contribution in [1.82, 2.24) is 5.06 Å². The summed E-state index contributed by atoms with van der Waals surface area (Å²) in [5.41, 5.74) is -1.25. The molecular formula is C12H18N2O2. The number of rotatable bonds is 1. The number of nitrogens with zero attached hydrogens (tertiary/aromatic N) is 2. The molecule has 1 heterocycles. The van der Waals surface area contributed by atoms with E-state index >= 15 is 0 Å². The fourth-order valence-corrected chi connectivity index (χ4v) is 2.05. The summed E-state index contributed by atoms with van der Waals surface area (Å²) in [7, 11) is 0. The first-order chi connectivity index (χ1) is 7.30. The zero-order valence-corrected chi connectivity index (χ0v) is 10.1. The molecule has 0 saturated carbocycles. The van der Waals surface area contributed by atoms with Crippen LogP contribution in [0.3, 0.4) is 0 Å². The van der Waals surface area contributed by atoms with Crippen LogP contribution in [0.15, 0.2) is 24.3 Å². The van der Waals surface area contributed by atoms with Gasteiger partial charge in [0, 0.05) is 0 Å². The Morgan fingerprint density at radius 3 is 2.12 bits per heavy atom. The first-order valence-corrected chi connectivity index (χ1v) is 5.48. The van der Waals surface area contributed by atoms with Crippen LogP contribution in [-0.4, -0.2) is 31.9 Å². The Balaban J connectivity index is 2.49. The third-order valence-corrected chi connectivity index (χ3v) is 4.01. The summed E-state index contributed by atoms with van der Waals surface area (Å²) in [6.45, 7) is 7.43. The van der Waals surface area contributed by atoms with Crippen molar-refractivity contribution in [1.29, 1.82) is 0 Å². The Labute approximate surface area is 95.7 Å². The van der Waals surface area contributed by atoms with Crippen LogP contribution in [0.25, 0.3) is 0 Å². The molecule has 0 spiro atoms. The molecule has 88 valence electrons. The molecule has 0 atom stereocenters. The van der Waals surface area contributed by atoms with Gasteiger partial charge in [0.2, 0.25) is 0 Å². The summed E-state index contributed by atoms with van der Waals surface area (Å²) in [6.07, 6.45) is 7.58. The van der Waals surface area contributed by atoms with Crippen molar-refractivity contribution < 1.29 is 9.95 Å². The van der Waals surface area contributed by atoms with Crippen LogP contribution in [0, 0.1) is 11.1 Å². The van der Waals surface area contributed by atoms with Crippen molar-refractivity contribution >= 4 is 5.84 Å². The van der Waals surface area contributed by atoms with Gasteiger partial charge >= 0.3 is 0 Å². The second kappa shape index (κ2) is 3.10. The molecule has 0 fully saturated rings. The zero-order chi connectivity index (χ0) is 12.1. The number of hydroxylamine groups is 3. The summed E-state index contributed by atoms with van der Waals surface area (Å²) in [4.78, 5) is 0. The first-order valence-electron chi connectivity index (χ1n) is 5.48. The molecular weight excluding hydrogens is 204 g/mol. The molecule has 2 aliphatic rings. The van der Waals surface area contributed by atoms with Crippen molar-refractivity contribution in [2.45, 2.75) is 38.8 Å². The normalized spacial score (nSPS) is 27.2. The van der Waals surface area contributed by atoms with Crippen LogP contribution in [-0.2, 0) is 0 Å². The van der Waals surface area contributed by atoms with E-state index in [1.165, 1.54) is 0 Å². The molecule has 0 bridgehead atoms. The minimum absolute atomic E-state index is 0.122. The minimum atomic E-state index is -0.651. The molecule has 0 saturated heterocycles. The Bertz CT molecular complexity index is 393. The zero-order valence-electron chi connectivity index (χ0n) is 10.1. The van der Waals surface area contributed by atoms with Crippen molar-refractivity contribution in [2.75, 3.05) is 0 Å². The molecule has 4 nitrogen and oxygen atoms in total. The van der Waals surface area contributed by atoms with E-state index < -0.39 is 11.1 Å². The van der Waals surface area contributed by atoms with Gasteiger partial charge in [0.05, 0.1) is 5.92 Å². The van der Waals surface area contributed by atoms with E-state index in [1.807, 2.05) is 52.0 Å². The fraction of sp³-hybridized carbons (Fsp3) is 0.583. The van der Waals surface area contributed by atoms with Crippen molar-refractivity contribution in [3.63, 3.8) is 0 Å². The van der Waals surface area contributed by atoms with Crippen molar-refractivity contribution in [2.24, 2.45) is 5.92 Å². The van der Waals surface area contributed by atoms with E-state index in [4.69, 9.17) is 0 Å². The quantitative estimate of drug-likeness (QED) is 0.544. The second-order valence-corrected chi connectivity index (χ2v) is 5.38. The van der Waals surface area contributed by atoms with Gasteiger partial charge in [-0.3, -0.25) is 4.74 Å². The monoisotopic (exact) mass is 222 g/mol. The van der Waals surface area contributed by atoms with E-state index in [0.29, 0.717) is 5.84 Å². The van der Waals surface area contributed by atoms with Crippen molar-refractivity contribution in [3.8, 4) is 0 Å². The van der Waals surface area contributed by atoms with Gasteiger partial charge in [0.1, 0.15) is 5.54 Å². The predicted molar refractivity (Wildman–Crippen MR) is 62.2 cm³/mol. The lowest BCUT2D eigenvalue weighted by Crippen LogP contribution is -2.53. The van der Waals surface area contributed by atoms with Gasteiger partial charge in [-0.2, -0.15) is 0 Å². The summed E-state index contributed by atoms with van der Waals surface area (Å²) < 4.78 is 0.928. The minimum Gasteiger partial charge on any atom is -0.715 e. The third-order valence-electron chi connectivity index (χ3n) is 4.01. The average molecular weight is 222 g/mol. The summed E-state index contributed by atoms with van der Waals surface area (Å²) >= 11 is 0. The lowest BCUT2D eigenvalue weighted by molar-refractivity contribution is -0.541. The molecule has 1 N–H and O–H groups in total. The molecule has 1 aliphatic heterocycles. The van der Waals surface area contributed by atoms with E-state index in [9.17, 15) is 10.4 Å². The molecule has 0 radical (unpaired) electrons. The van der Waals surface area contributed by atoms with E-state index in [2.05, 4.69) is 0 Å².